The van der Waals surface area contributed by atoms with Gasteiger partial charge in [0.1, 0.15) is 0 Å². The molecule has 1 saturated carbocycles. The van der Waals surface area contributed by atoms with Crippen molar-refractivity contribution in [3.63, 3.8) is 0 Å². The number of aryl methyl sites for hydroxylation is 1. The highest BCUT2D eigenvalue weighted by molar-refractivity contribution is 7.89. The van der Waals surface area contributed by atoms with Crippen LogP contribution in [0.1, 0.15) is 40.6 Å². The van der Waals surface area contributed by atoms with Gasteiger partial charge in [0.25, 0.3) is 0 Å². The minimum atomic E-state index is -3.64. The van der Waals surface area contributed by atoms with E-state index >= 15 is 0 Å². The first-order chi connectivity index (χ1) is 14.2. The lowest BCUT2D eigenvalue weighted by molar-refractivity contribution is 0.0901. The predicted molar refractivity (Wildman–Crippen MR) is 118 cm³/mol. The fourth-order valence-electron chi connectivity index (χ4n) is 4.16. The van der Waals surface area contributed by atoms with E-state index in [-0.39, 0.29) is 15.7 Å². The van der Waals surface area contributed by atoms with Crippen LogP contribution in [0, 0.1) is 13.8 Å². The van der Waals surface area contributed by atoms with Crippen LogP contribution < -0.4 is 0 Å². The van der Waals surface area contributed by atoms with Crippen molar-refractivity contribution in [3.8, 4) is 0 Å². The zero-order valence-electron chi connectivity index (χ0n) is 17.1. The molecule has 2 aliphatic rings. The molecule has 1 aliphatic carbocycles. The van der Waals surface area contributed by atoms with Crippen LogP contribution in [0.25, 0.3) is 0 Å². The third-order valence-electron chi connectivity index (χ3n) is 5.92. The van der Waals surface area contributed by atoms with Crippen molar-refractivity contribution in [2.45, 2.75) is 37.6 Å². The number of carbonyl (C=O) groups excluding carboxylic acids is 1. The van der Waals surface area contributed by atoms with Crippen molar-refractivity contribution in [2.24, 2.45) is 0 Å². The number of benzene rings is 1. The number of hydrogen-bond acceptors (Lipinski definition) is 4. The summed E-state index contributed by atoms with van der Waals surface area (Å²) in [7, 11) is -3.64. The maximum atomic E-state index is 12.9. The summed E-state index contributed by atoms with van der Waals surface area (Å²) in [6.07, 6.45) is 2.36. The molecular weight excluding hydrogens is 445 g/mol. The molecule has 9 heteroatoms. The van der Waals surface area contributed by atoms with Crippen LogP contribution in [0.3, 0.4) is 0 Å². The Bertz CT molecular complexity index is 1090. The summed E-state index contributed by atoms with van der Waals surface area (Å²) < 4.78 is 29.5. The number of halogens is 2. The van der Waals surface area contributed by atoms with E-state index in [1.165, 1.54) is 35.3 Å². The van der Waals surface area contributed by atoms with E-state index in [1.807, 2.05) is 17.9 Å². The van der Waals surface area contributed by atoms with Gasteiger partial charge in [-0.15, -0.1) is 0 Å². The smallest absolute Gasteiger partial charge is 0.243 e. The van der Waals surface area contributed by atoms with Crippen LogP contribution in [0.4, 0.5) is 0 Å². The summed E-state index contributed by atoms with van der Waals surface area (Å²) in [5, 5.41) is 0.533. The number of nitrogens with zero attached hydrogens (tertiary/aromatic N) is 3. The highest BCUT2D eigenvalue weighted by atomic mass is 35.5. The number of Topliss-reactive ketones (excluding diaryl/α,β-unsaturated/α-hetero) is 1. The van der Waals surface area contributed by atoms with E-state index < -0.39 is 10.0 Å². The Balaban J connectivity index is 1.39. The molecule has 6 nitrogen and oxygen atoms in total. The number of ketones is 1. The van der Waals surface area contributed by atoms with E-state index in [0.717, 1.165) is 17.0 Å². The monoisotopic (exact) mass is 469 g/mol. The van der Waals surface area contributed by atoms with Crippen molar-refractivity contribution >= 4 is 39.0 Å². The molecule has 0 radical (unpaired) electrons. The molecule has 2 heterocycles. The van der Waals surface area contributed by atoms with Gasteiger partial charge in [0.15, 0.2) is 5.78 Å². The summed E-state index contributed by atoms with van der Waals surface area (Å²) in [4.78, 5) is 15.1. The molecule has 0 N–H and O–H groups in total. The first kappa shape index (κ1) is 21.8. The van der Waals surface area contributed by atoms with Gasteiger partial charge in [-0.25, -0.2) is 8.42 Å². The van der Waals surface area contributed by atoms with Gasteiger partial charge >= 0.3 is 0 Å². The molecule has 1 aliphatic heterocycles. The van der Waals surface area contributed by atoms with Crippen molar-refractivity contribution in [2.75, 3.05) is 32.7 Å². The molecule has 0 spiro atoms. The lowest BCUT2D eigenvalue weighted by Crippen LogP contribution is -2.49. The molecule has 2 aromatic rings. The molecule has 2 fully saturated rings. The first-order valence-corrected chi connectivity index (χ1v) is 12.3. The van der Waals surface area contributed by atoms with E-state index in [4.69, 9.17) is 23.2 Å². The molecule has 30 heavy (non-hydrogen) atoms. The van der Waals surface area contributed by atoms with E-state index in [1.54, 1.807) is 0 Å². The van der Waals surface area contributed by atoms with Gasteiger partial charge in [-0.2, -0.15) is 4.31 Å². The largest absolute Gasteiger partial charge is 0.345 e. The summed E-state index contributed by atoms with van der Waals surface area (Å²) in [6.45, 7) is 6.04. The number of piperazine rings is 1. The summed E-state index contributed by atoms with van der Waals surface area (Å²) >= 11 is 11.9. The second-order valence-electron chi connectivity index (χ2n) is 8.07. The average Bonchev–Trinajstić information content (AvgIpc) is 3.48. The molecule has 1 saturated heterocycles. The zero-order valence-corrected chi connectivity index (χ0v) is 19.4. The molecule has 0 bridgehead atoms. The van der Waals surface area contributed by atoms with Crippen LogP contribution in [0.15, 0.2) is 29.2 Å². The lowest BCUT2D eigenvalue weighted by atomic mass is 10.1. The maximum Gasteiger partial charge on any atom is 0.243 e. The third-order valence-corrected chi connectivity index (χ3v) is 8.56. The molecular formula is C21H25Cl2N3O3S. The van der Waals surface area contributed by atoms with Crippen LogP contribution >= 0.6 is 23.2 Å². The van der Waals surface area contributed by atoms with Gasteiger partial charge in [-0.3, -0.25) is 9.69 Å². The first-order valence-electron chi connectivity index (χ1n) is 10.1. The summed E-state index contributed by atoms with van der Waals surface area (Å²) in [5.41, 5.74) is 2.96. The topological polar surface area (TPSA) is 62.6 Å². The highest BCUT2D eigenvalue weighted by Crippen LogP contribution is 2.38. The SMILES string of the molecule is Cc1cc(C(=O)CN2CCN(S(=O)(=O)c3ccc(Cl)c(Cl)c3)CC2)c(C)n1C1CC1. The third kappa shape index (κ3) is 4.18. The Kier molecular flexibility index (Phi) is 6.03. The van der Waals surface area contributed by atoms with Crippen molar-refractivity contribution in [3.05, 3.63) is 51.3 Å². The van der Waals surface area contributed by atoms with E-state index in [9.17, 15) is 13.2 Å². The van der Waals surface area contributed by atoms with Gasteiger partial charge in [0, 0.05) is 49.2 Å². The second kappa shape index (κ2) is 8.28. The van der Waals surface area contributed by atoms with Crippen LogP contribution in [0.5, 0.6) is 0 Å². The highest BCUT2D eigenvalue weighted by Gasteiger charge is 2.31. The molecule has 0 amide bonds. The zero-order chi connectivity index (χ0) is 21.6. The van der Waals surface area contributed by atoms with Crippen molar-refractivity contribution in [1.82, 2.24) is 13.8 Å². The van der Waals surface area contributed by atoms with E-state index in [0.29, 0.717) is 43.8 Å². The molecule has 0 unspecified atom stereocenters. The van der Waals surface area contributed by atoms with Crippen molar-refractivity contribution < 1.29 is 13.2 Å². The molecule has 162 valence electrons. The Labute approximate surface area is 187 Å². The lowest BCUT2D eigenvalue weighted by Gasteiger charge is -2.33. The molecule has 4 rings (SSSR count). The summed E-state index contributed by atoms with van der Waals surface area (Å²) in [5.74, 6) is 0.0933. The number of sulfonamides is 1. The predicted octanol–water partition coefficient (Wildman–Crippen LogP) is 3.94. The van der Waals surface area contributed by atoms with Gasteiger partial charge in [-0.05, 0) is 51.0 Å². The van der Waals surface area contributed by atoms with Gasteiger partial charge in [-0.1, -0.05) is 23.2 Å². The second-order valence-corrected chi connectivity index (χ2v) is 10.8. The van der Waals surface area contributed by atoms with Crippen LogP contribution in [0.2, 0.25) is 10.0 Å². The van der Waals surface area contributed by atoms with Crippen LogP contribution in [-0.4, -0.2) is 60.7 Å². The van der Waals surface area contributed by atoms with Crippen molar-refractivity contribution in [1.29, 1.82) is 0 Å². The standard InChI is InChI=1S/C21H25Cl2N3O3S/c1-14-11-18(15(2)26(14)16-3-4-16)21(27)13-24-7-9-25(10-8-24)30(28,29)17-5-6-19(22)20(23)12-17/h5-6,11-12,16H,3-4,7-10,13H2,1-2H3. The van der Waals surface area contributed by atoms with Gasteiger partial charge in [0.05, 0.1) is 21.5 Å². The Morgan fingerprint density at radius 2 is 1.70 bits per heavy atom. The molecule has 0 atom stereocenters. The number of carbonyl (C=O) groups is 1. The minimum Gasteiger partial charge on any atom is -0.345 e. The Morgan fingerprint density at radius 3 is 2.30 bits per heavy atom. The number of rotatable bonds is 6. The number of aromatic nitrogens is 1. The van der Waals surface area contributed by atoms with Gasteiger partial charge in [0.2, 0.25) is 10.0 Å². The minimum absolute atomic E-state index is 0.0933. The number of hydrogen-bond donors (Lipinski definition) is 0. The molecule has 1 aromatic carbocycles. The average molecular weight is 470 g/mol. The Morgan fingerprint density at radius 1 is 1.03 bits per heavy atom. The fraction of sp³-hybridized carbons (Fsp3) is 0.476. The van der Waals surface area contributed by atoms with E-state index in [2.05, 4.69) is 11.5 Å². The van der Waals surface area contributed by atoms with Gasteiger partial charge < -0.3 is 4.57 Å². The quantitative estimate of drug-likeness (QED) is 0.601. The van der Waals surface area contributed by atoms with Crippen LogP contribution in [-0.2, 0) is 10.0 Å². The molecule has 1 aromatic heterocycles. The fourth-order valence-corrected chi connectivity index (χ4v) is 5.97. The maximum absolute atomic E-state index is 12.9. The normalized spacial score (nSPS) is 18.7. The summed E-state index contributed by atoms with van der Waals surface area (Å²) in [6, 6.07) is 6.87. The Hall–Kier alpha value is -1.38.